The van der Waals surface area contributed by atoms with Crippen LogP contribution in [-0.4, -0.2) is 23.5 Å². The topological polar surface area (TPSA) is 63.6 Å². The number of hydrogen-bond donors (Lipinski definition) is 1. The first-order valence-corrected chi connectivity index (χ1v) is 4.17. The molecule has 0 aromatic carbocycles. The van der Waals surface area contributed by atoms with Crippen LogP contribution in [0.3, 0.4) is 0 Å². The van der Waals surface area contributed by atoms with Gasteiger partial charge in [0.25, 0.3) is 0 Å². The molecule has 2 rings (SSSR count). The standard InChI is InChI=1S/C10H8O4/c11-5-6-1-2-7-4-9(10(12)13)14-8(7)3-6/h1-5,7-8H,(H,12,13). The number of carboxylic acid groups (broad SMARTS) is 1. The van der Waals surface area contributed by atoms with Crippen molar-refractivity contribution in [3.05, 3.63) is 35.6 Å². The van der Waals surface area contributed by atoms with E-state index in [1.54, 1.807) is 24.3 Å². The number of carbonyl (C=O) groups excluding carboxylic acids is 1. The van der Waals surface area contributed by atoms with Gasteiger partial charge < -0.3 is 9.84 Å². The molecule has 1 aliphatic carbocycles. The van der Waals surface area contributed by atoms with Crippen LogP contribution in [0.1, 0.15) is 0 Å². The van der Waals surface area contributed by atoms with Crippen molar-refractivity contribution >= 4 is 12.3 Å². The Hall–Kier alpha value is -1.84. The summed E-state index contributed by atoms with van der Waals surface area (Å²) in [7, 11) is 0. The average molecular weight is 192 g/mol. The van der Waals surface area contributed by atoms with Gasteiger partial charge in [-0.2, -0.15) is 0 Å². The van der Waals surface area contributed by atoms with E-state index in [4.69, 9.17) is 9.84 Å². The van der Waals surface area contributed by atoms with Crippen LogP contribution < -0.4 is 0 Å². The van der Waals surface area contributed by atoms with Crippen LogP contribution in [0, 0.1) is 5.92 Å². The van der Waals surface area contributed by atoms with Crippen LogP contribution in [-0.2, 0) is 14.3 Å². The monoisotopic (exact) mass is 192 g/mol. The van der Waals surface area contributed by atoms with E-state index in [0.29, 0.717) is 5.57 Å². The van der Waals surface area contributed by atoms with Gasteiger partial charge in [0.1, 0.15) is 12.4 Å². The minimum Gasteiger partial charge on any atom is -0.478 e. The summed E-state index contributed by atoms with van der Waals surface area (Å²) in [6.45, 7) is 0. The van der Waals surface area contributed by atoms with Gasteiger partial charge in [-0.25, -0.2) is 4.79 Å². The molecule has 0 bridgehead atoms. The van der Waals surface area contributed by atoms with E-state index in [2.05, 4.69) is 0 Å². The SMILES string of the molecule is O=CC1=CC2OC(C(=O)O)=CC2C=C1. The largest absolute Gasteiger partial charge is 0.478 e. The molecule has 0 saturated carbocycles. The molecule has 2 atom stereocenters. The predicted molar refractivity (Wildman–Crippen MR) is 47.4 cm³/mol. The lowest BCUT2D eigenvalue weighted by Gasteiger charge is -2.15. The molecule has 14 heavy (non-hydrogen) atoms. The minimum absolute atomic E-state index is 0.0481. The third-order valence-corrected chi connectivity index (χ3v) is 2.20. The molecule has 1 aliphatic heterocycles. The Balaban J connectivity index is 2.21. The first kappa shape index (κ1) is 8.74. The lowest BCUT2D eigenvalue weighted by Crippen LogP contribution is -2.16. The highest BCUT2D eigenvalue weighted by molar-refractivity contribution is 5.85. The Labute approximate surface area is 80.2 Å². The zero-order valence-electron chi connectivity index (χ0n) is 7.21. The van der Waals surface area contributed by atoms with E-state index < -0.39 is 5.97 Å². The Morgan fingerprint density at radius 1 is 1.50 bits per heavy atom. The quantitative estimate of drug-likeness (QED) is 0.653. The smallest absolute Gasteiger partial charge is 0.370 e. The number of rotatable bonds is 2. The third-order valence-electron chi connectivity index (χ3n) is 2.20. The molecular weight excluding hydrogens is 184 g/mol. The molecule has 0 spiro atoms. The summed E-state index contributed by atoms with van der Waals surface area (Å²) in [5, 5.41) is 8.68. The maximum absolute atomic E-state index is 10.6. The molecule has 0 aromatic rings. The molecule has 2 unspecified atom stereocenters. The fraction of sp³-hybridized carbons (Fsp3) is 0.200. The number of allylic oxidation sites excluding steroid dienone is 2. The van der Waals surface area contributed by atoms with Crippen molar-refractivity contribution in [3.8, 4) is 0 Å². The first-order valence-electron chi connectivity index (χ1n) is 4.17. The third kappa shape index (κ3) is 1.35. The Morgan fingerprint density at radius 3 is 2.93 bits per heavy atom. The van der Waals surface area contributed by atoms with E-state index in [9.17, 15) is 9.59 Å². The summed E-state index contributed by atoms with van der Waals surface area (Å²) in [5.41, 5.74) is 0.520. The molecule has 0 saturated heterocycles. The fourth-order valence-corrected chi connectivity index (χ4v) is 1.51. The molecule has 4 nitrogen and oxygen atoms in total. The summed E-state index contributed by atoms with van der Waals surface area (Å²) in [5.74, 6) is -1.19. The van der Waals surface area contributed by atoms with Gasteiger partial charge in [-0.1, -0.05) is 12.2 Å². The van der Waals surface area contributed by atoms with Crippen molar-refractivity contribution in [2.45, 2.75) is 6.10 Å². The molecular formula is C10H8O4. The molecule has 72 valence electrons. The minimum atomic E-state index is -1.08. The highest BCUT2D eigenvalue weighted by Gasteiger charge is 2.30. The number of hydrogen-bond acceptors (Lipinski definition) is 3. The average Bonchev–Trinajstić information content (AvgIpc) is 2.59. The summed E-state index contributed by atoms with van der Waals surface area (Å²) in [6.07, 6.45) is 6.98. The van der Waals surface area contributed by atoms with Gasteiger partial charge in [0.2, 0.25) is 5.76 Å². The van der Waals surface area contributed by atoms with Gasteiger partial charge in [-0.05, 0) is 12.2 Å². The summed E-state index contributed by atoms with van der Waals surface area (Å²) in [4.78, 5) is 21.0. The van der Waals surface area contributed by atoms with Gasteiger partial charge >= 0.3 is 5.97 Å². The number of carboxylic acids is 1. The van der Waals surface area contributed by atoms with Crippen LogP contribution in [0.2, 0.25) is 0 Å². The van der Waals surface area contributed by atoms with Crippen molar-refractivity contribution in [2.75, 3.05) is 0 Å². The molecule has 1 heterocycles. The first-order chi connectivity index (χ1) is 6.70. The highest BCUT2D eigenvalue weighted by atomic mass is 16.5. The van der Waals surface area contributed by atoms with Crippen molar-refractivity contribution < 1.29 is 19.4 Å². The van der Waals surface area contributed by atoms with E-state index in [0.717, 1.165) is 6.29 Å². The summed E-state index contributed by atoms with van der Waals surface area (Å²) < 4.78 is 5.13. The molecule has 1 N–H and O–H groups in total. The molecule has 0 fully saturated rings. The van der Waals surface area contributed by atoms with E-state index >= 15 is 0 Å². The molecule has 2 aliphatic rings. The Kier molecular flexibility index (Phi) is 1.96. The van der Waals surface area contributed by atoms with Crippen molar-refractivity contribution in [3.63, 3.8) is 0 Å². The maximum Gasteiger partial charge on any atom is 0.370 e. The van der Waals surface area contributed by atoms with E-state index in [1.807, 2.05) is 0 Å². The Morgan fingerprint density at radius 2 is 2.29 bits per heavy atom. The second-order valence-corrected chi connectivity index (χ2v) is 3.14. The predicted octanol–water partition coefficient (Wildman–Crippen LogP) is 0.665. The lowest BCUT2D eigenvalue weighted by molar-refractivity contribution is -0.136. The molecule has 0 amide bonds. The second kappa shape index (κ2) is 3.14. The number of ether oxygens (including phenoxy) is 1. The maximum atomic E-state index is 10.6. The van der Waals surface area contributed by atoms with Crippen LogP contribution in [0.25, 0.3) is 0 Å². The van der Waals surface area contributed by atoms with Crippen molar-refractivity contribution in [1.29, 1.82) is 0 Å². The summed E-state index contributed by atoms with van der Waals surface area (Å²) >= 11 is 0. The van der Waals surface area contributed by atoms with E-state index in [-0.39, 0.29) is 17.8 Å². The zero-order chi connectivity index (χ0) is 10.1. The van der Waals surface area contributed by atoms with E-state index in [1.165, 1.54) is 0 Å². The normalized spacial score (nSPS) is 28.6. The van der Waals surface area contributed by atoms with Crippen LogP contribution >= 0.6 is 0 Å². The lowest BCUT2D eigenvalue weighted by atomic mass is 9.95. The van der Waals surface area contributed by atoms with Gasteiger partial charge in [0.05, 0.1) is 0 Å². The van der Waals surface area contributed by atoms with Gasteiger partial charge in [-0.3, -0.25) is 4.79 Å². The van der Waals surface area contributed by atoms with Crippen LogP contribution in [0.15, 0.2) is 35.6 Å². The number of carbonyl (C=O) groups is 2. The molecule has 4 heteroatoms. The van der Waals surface area contributed by atoms with Crippen LogP contribution in [0.5, 0.6) is 0 Å². The molecule has 0 aromatic heterocycles. The Bertz CT molecular complexity index is 376. The number of aldehydes is 1. The van der Waals surface area contributed by atoms with Gasteiger partial charge in [-0.15, -0.1) is 0 Å². The van der Waals surface area contributed by atoms with Crippen molar-refractivity contribution in [1.82, 2.24) is 0 Å². The van der Waals surface area contributed by atoms with Crippen molar-refractivity contribution in [2.24, 2.45) is 5.92 Å². The van der Waals surface area contributed by atoms with Crippen LogP contribution in [0.4, 0.5) is 0 Å². The highest BCUT2D eigenvalue weighted by Crippen LogP contribution is 2.29. The zero-order valence-corrected chi connectivity index (χ0v) is 7.21. The fourth-order valence-electron chi connectivity index (χ4n) is 1.51. The van der Waals surface area contributed by atoms with Gasteiger partial charge in [0, 0.05) is 11.5 Å². The van der Waals surface area contributed by atoms with Gasteiger partial charge in [0.15, 0.2) is 0 Å². The molecule has 0 radical (unpaired) electrons. The number of aliphatic carboxylic acids is 1. The summed E-state index contributed by atoms with van der Waals surface area (Å²) in [6, 6.07) is 0. The second-order valence-electron chi connectivity index (χ2n) is 3.14. The number of fused-ring (bicyclic) bond motifs is 1.